The summed E-state index contributed by atoms with van der Waals surface area (Å²) in [6, 6.07) is 0. The van der Waals surface area contributed by atoms with Crippen molar-refractivity contribution < 1.29 is 22.9 Å². The molecule has 0 N–H and O–H groups in total. The topological polar surface area (TPSA) is 0 Å². The molecule has 0 aromatic rings. The summed E-state index contributed by atoms with van der Waals surface area (Å²) in [5.41, 5.74) is 6.81. The summed E-state index contributed by atoms with van der Waals surface area (Å²) < 4.78 is 3.77. The molecule has 25 heavy (non-hydrogen) atoms. The Morgan fingerprint density at radius 3 is 1.16 bits per heavy atom. The summed E-state index contributed by atoms with van der Waals surface area (Å²) in [4.78, 5) is 0. The van der Waals surface area contributed by atoms with Crippen LogP contribution in [0.3, 0.4) is 0 Å². The second-order valence-electron chi connectivity index (χ2n) is 8.26. The van der Waals surface area contributed by atoms with Crippen molar-refractivity contribution in [3.8, 4) is 0 Å². The summed E-state index contributed by atoms with van der Waals surface area (Å²) in [6.07, 6.45) is 7.61. The van der Waals surface area contributed by atoms with Crippen LogP contribution in [-0.2, 0) is 22.9 Å². The first kappa shape index (κ1) is 25.8. The zero-order chi connectivity index (χ0) is 17.3. The fraction of sp³-hybridized carbons (Fsp3) is 0.636. The minimum absolute atomic E-state index is 0. The first-order valence-corrected chi connectivity index (χ1v) is 13.0. The molecule has 0 bridgehead atoms. The Morgan fingerprint density at radius 1 is 0.600 bits per heavy atom. The molecule has 0 radical (unpaired) electrons. The van der Waals surface area contributed by atoms with Gasteiger partial charge in [0.05, 0.1) is 0 Å². The SMILES string of the molecule is Br.Br.CC(C)C1=CC[C]([Hf][C]2=C(C(C)C)C(C(C)C)=CC2)=C1C(C)C. The van der Waals surface area contributed by atoms with Gasteiger partial charge in [-0.3, -0.25) is 0 Å². The molecular weight excluding hydrogens is 603 g/mol. The van der Waals surface area contributed by atoms with Gasteiger partial charge >= 0.3 is 156 Å². The Bertz CT molecular complexity index is 535. The first-order valence-electron chi connectivity index (χ1n) is 9.37. The van der Waals surface area contributed by atoms with E-state index in [-0.39, 0.29) is 34.0 Å². The average Bonchev–Trinajstić information content (AvgIpc) is 3.02. The van der Waals surface area contributed by atoms with E-state index >= 15 is 0 Å². The molecule has 0 nitrogen and oxygen atoms in total. The van der Waals surface area contributed by atoms with Crippen LogP contribution in [0.5, 0.6) is 0 Å². The molecule has 2 rings (SSSR count). The van der Waals surface area contributed by atoms with Crippen LogP contribution in [0.2, 0.25) is 0 Å². The molecule has 0 heterocycles. The normalized spacial score (nSPS) is 17.4. The Morgan fingerprint density at radius 2 is 0.920 bits per heavy atom. The fourth-order valence-corrected chi connectivity index (χ4v) is 10.9. The van der Waals surface area contributed by atoms with Gasteiger partial charge in [0.1, 0.15) is 0 Å². The van der Waals surface area contributed by atoms with Gasteiger partial charge in [0.15, 0.2) is 0 Å². The number of rotatable bonds is 6. The van der Waals surface area contributed by atoms with Crippen LogP contribution in [0.15, 0.2) is 41.1 Å². The van der Waals surface area contributed by atoms with E-state index < -0.39 is 22.9 Å². The van der Waals surface area contributed by atoms with Crippen LogP contribution in [-0.4, -0.2) is 0 Å². The van der Waals surface area contributed by atoms with Gasteiger partial charge in [-0.2, -0.15) is 0 Å². The number of hydrogen-bond donors (Lipinski definition) is 0. The maximum absolute atomic E-state index is 2.55. The van der Waals surface area contributed by atoms with Gasteiger partial charge in [-0.25, -0.2) is 0 Å². The molecule has 0 saturated heterocycles. The molecule has 0 fully saturated rings. The van der Waals surface area contributed by atoms with Crippen molar-refractivity contribution in [2.75, 3.05) is 0 Å². The average molecular weight is 639 g/mol. The molecule has 3 heteroatoms. The first-order chi connectivity index (χ1) is 10.7. The molecule has 142 valence electrons. The molecule has 0 atom stereocenters. The van der Waals surface area contributed by atoms with Crippen LogP contribution >= 0.6 is 34.0 Å². The van der Waals surface area contributed by atoms with E-state index in [1.165, 1.54) is 12.8 Å². The van der Waals surface area contributed by atoms with Gasteiger partial charge in [0.25, 0.3) is 0 Å². The van der Waals surface area contributed by atoms with E-state index in [9.17, 15) is 0 Å². The summed E-state index contributed by atoms with van der Waals surface area (Å²) in [6.45, 7) is 19.0. The maximum atomic E-state index is 2.55. The molecule has 0 saturated carbocycles. The third-order valence-corrected chi connectivity index (χ3v) is 10.6. The van der Waals surface area contributed by atoms with E-state index in [0.29, 0.717) is 23.7 Å². The van der Waals surface area contributed by atoms with Crippen LogP contribution in [0.4, 0.5) is 0 Å². The van der Waals surface area contributed by atoms with Crippen molar-refractivity contribution in [1.29, 1.82) is 0 Å². The summed E-state index contributed by atoms with van der Waals surface area (Å²) in [7, 11) is 0. The van der Waals surface area contributed by atoms with Crippen LogP contribution in [0.25, 0.3) is 0 Å². The Labute approximate surface area is 188 Å². The van der Waals surface area contributed by atoms with E-state index in [0.717, 1.165) is 0 Å². The minimum atomic E-state index is -0.882. The number of halogens is 2. The molecule has 2 aliphatic carbocycles. The zero-order valence-corrected chi connectivity index (χ0v) is 24.2. The standard InChI is InChI=1S/2C11H17.2BrH.Hf/c2*1-8(2)10-6-5-7-11(10)9(3)4;;;/h2*6,8-9H,5H2,1-4H3;2*1H;. The zero-order valence-electron chi connectivity index (χ0n) is 17.2. The van der Waals surface area contributed by atoms with Crippen molar-refractivity contribution in [1.82, 2.24) is 0 Å². The van der Waals surface area contributed by atoms with Gasteiger partial charge in [-0.1, -0.05) is 0 Å². The van der Waals surface area contributed by atoms with Crippen LogP contribution < -0.4 is 0 Å². The van der Waals surface area contributed by atoms with Crippen molar-refractivity contribution in [2.45, 2.75) is 68.2 Å². The van der Waals surface area contributed by atoms with E-state index in [1.807, 2.05) is 6.66 Å². The molecule has 0 aromatic heterocycles. The Hall–Kier alpha value is 0.790. The van der Waals surface area contributed by atoms with E-state index in [1.54, 1.807) is 22.3 Å². The molecule has 0 aromatic carbocycles. The second-order valence-corrected chi connectivity index (χ2v) is 13.5. The number of hydrogen-bond acceptors (Lipinski definition) is 0. The third kappa shape index (κ3) is 5.88. The number of allylic oxidation sites excluding steroid dienone is 8. The third-order valence-electron chi connectivity index (χ3n) is 5.02. The van der Waals surface area contributed by atoms with E-state index in [4.69, 9.17) is 0 Å². The molecular formula is C22H36Br2Hf. The molecule has 0 amide bonds. The quantitative estimate of drug-likeness (QED) is 0.259. The molecule has 0 spiro atoms. The van der Waals surface area contributed by atoms with Gasteiger partial charge in [-0.15, -0.1) is 34.0 Å². The van der Waals surface area contributed by atoms with Crippen LogP contribution in [0.1, 0.15) is 68.2 Å². The monoisotopic (exact) mass is 638 g/mol. The Balaban J connectivity index is 0.00000288. The van der Waals surface area contributed by atoms with Crippen molar-refractivity contribution >= 4 is 34.0 Å². The summed E-state index contributed by atoms with van der Waals surface area (Å²) >= 11 is -0.882. The summed E-state index contributed by atoms with van der Waals surface area (Å²) in [5, 5.41) is 0. The van der Waals surface area contributed by atoms with E-state index in [2.05, 4.69) is 67.5 Å². The summed E-state index contributed by atoms with van der Waals surface area (Å²) in [5.74, 6) is 2.74. The van der Waals surface area contributed by atoms with Gasteiger partial charge in [0, 0.05) is 0 Å². The van der Waals surface area contributed by atoms with Crippen molar-refractivity contribution in [3.63, 3.8) is 0 Å². The van der Waals surface area contributed by atoms with Crippen molar-refractivity contribution in [2.24, 2.45) is 23.7 Å². The van der Waals surface area contributed by atoms with Gasteiger partial charge in [0.2, 0.25) is 0 Å². The van der Waals surface area contributed by atoms with Crippen LogP contribution in [0, 0.1) is 23.7 Å². The Kier molecular flexibility index (Phi) is 11.3. The predicted octanol–water partition coefficient (Wildman–Crippen LogP) is 8.02. The van der Waals surface area contributed by atoms with Gasteiger partial charge in [-0.05, 0) is 0 Å². The second kappa shape index (κ2) is 11.0. The predicted molar refractivity (Wildman–Crippen MR) is 119 cm³/mol. The van der Waals surface area contributed by atoms with Crippen molar-refractivity contribution in [3.05, 3.63) is 41.1 Å². The molecule has 0 aliphatic heterocycles. The molecule has 0 unspecified atom stereocenters. The van der Waals surface area contributed by atoms with Gasteiger partial charge < -0.3 is 0 Å². The molecule has 2 aliphatic rings. The fourth-order valence-electron chi connectivity index (χ4n) is 4.09.